The lowest BCUT2D eigenvalue weighted by molar-refractivity contribution is -0.116. The van der Waals surface area contributed by atoms with Gasteiger partial charge in [0.25, 0.3) is 0 Å². The van der Waals surface area contributed by atoms with E-state index in [0.29, 0.717) is 10.0 Å². The second kappa shape index (κ2) is 7.85. The topological polar surface area (TPSA) is 88.2 Å². The quantitative estimate of drug-likeness (QED) is 0.785. The van der Waals surface area contributed by atoms with Crippen LogP contribution in [0.15, 0.2) is 11.1 Å². The average Bonchev–Trinajstić information content (AvgIpc) is 2.95. The highest BCUT2D eigenvalue weighted by molar-refractivity contribution is 7.89. The van der Waals surface area contributed by atoms with Gasteiger partial charge in [-0.1, -0.05) is 0 Å². The van der Waals surface area contributed by atoms with Crippen molar-refractivity contribution in [3.05, 3.63) is 38.9 Å². The first-order chi connectivity index (χ1) is 12.0. The Bertz CT molecular complexity index is 918. The highest BCUT2D eigenvalue weighted by atomic mass is 32.2. The lowest BCUT2D eigenvalue weighted by Crippen LogP contribution is -2.29. The van der Waals surface area contributed by atoms with Crippen LogP contribution in [0.2, 0.25) is 0 Å². The van der Waals surface area contributed by atoms with Crippen LogP contribution in [-0.4, -0.2) is 25.9 Å². The standard InChI is InChI=1S/C18H25N3O3S2/c1-10-9-19-18(25-10)21-16(22)7-8-20-26(23,24)17-14(5)12(3)11(2)13(4)15(17)6/h9,20H,7-8H2,1-6H3,(H,19,21,22). The monoisotopic (exact) mass is 395 g/mol. The van der Waals surface area contributed by atoms with Crippen molar-refractivity contribution >= 4 is 32.4 Å². The van der Waals surface area contributed by atoms with E-state index in [1.165, 1.54) is 11.3 Å². The van der Waals surface area contributed by atoms with Gasteiger partial charge in [-0.25, -0.2) is 18.1 Å². The van der Waals surface area contributed by atoms with Crippen molar-refractivity contribution in [2.75, 3.05) is 11.9 Å². The molecule has 8 heteroatoms. The highest BCUT2D eigenvalue weighted by Gasteiger charge is 2.23. The van der Waals surface area contributed by atoms with Gasteiger partial charge in [-0.05, 0) is 69.4 Å². The first-order valence-corrected chi connectivity index (χ1v) is 10.6. The Morgan fingerprint density at radius 2 is 1.54 bits per heavy atom. The molecule has 2 rings (SSSR count). The van der Waals surface area contributed by atoms with E-state index in [0.717, 1.165) is 32.7 Å². The predicted molar refractivity (Wildman–Crippen MR) is 105 cm³/mol. The van der Waals surface area contributed by atoms with E-state index in [-0.39, 0.29) is 18.9 Å². The Hall–Kier alpha value is -1.77. The van der Waals surface area contributed by atoms with E-state index in [4.69, 9.17) is 0 Å². The van der Waals surface area contributed by atoms with Crippen LogP contribution in [0.4, 0.5) is 5.13 Å². The molecular weight excluding hydrogens is 370 g/mol. The van der Waals surface area contributed by atoms with Gasteiger partial charge < -0.3 is 5.32 Å². The molecule has 0 bridgehead atoms. The SMILES string of the molecule is Cc1cnc(NC(=O)CCNS(=O)(=O)c2c(C)c(C)c(C)c(C)c2C)s1. The van der Waals surface area contributed by atoms with Gasteiger partial charge in [-0.3, -0.25) is 4.79 Å². The second-order valence-electron chi connectivity index (χ2n) is 6.43. The lowest BCUT2D eigenvalue weighted by atomic mass is 9.95. The van der Waals surface area contributed by atoms with Gasteiger partial charge >= 0.3 is 0 Å². The summed E-state index contributed by atoms with van der Waals surface area (Å²) in [5.74, 6) is -0.272. The fraction of sp³-hybridized carbons (Fsp3) is 0.444. The predicted octanol–water partition coefficient (Wildman–Crippen LogP) is 3.30. The number of anilines is 1. The van der Waals surface area contributed by atoms with E-state index >= 15 is 0 Å². The van der Waals surface area contributed by atoms with E-state index in [1.54, 1.807) is 6.20 Å². The maximum Gasteiger partial charge on any atom is 0.241 e. The number of carbonyl (C=O) groups excluding carboxylic acids is 1. The number of carbonyl (C=O) groups is 1. The number of nitrogens with zero attached hydrogens (tertiary/aromatic N) is 1. The van der Waals surface area contributed by atoms with Gasteiger partial charge in [0.1, 0.15) is 0 Å². The van der Waals surface area contributed by atoms with Gasteiger partial charge in [0.15, 0.2) is 5.13 Å². The zero-order chi connectivity index (χ0) is 19.6. The number of sulfonamides is 1. The smallest absolute Gasteiger partial charge is 0.241 e. The molecule has 0 aliphatic heterocycles. The van der Waals surface area contributed by atoms with Crippen LogP contribution in [0, 0.1) is 41.5 Å². The second-order valence-corrected chi connectivity index (χ2v) is 9.36. The Balaban J connectivity index is 2.09. The van der Waals surface area contributed by atoms with Crippen molar-refractivity contribution in [3.8, 4) is 0 Å². The minimum absolute atomic E-state index is 0.0311. The summed E-state index contributed by atoms with van der Waals surface area (Å²) in [6, 6.07) is 0. The van der Waals surface area contributed by atoms with Gasteiger partial charge in [0, 0.05) is 24.0 Å². The van der Waals surface area contributed by atoms with Crippen LogP contribution in [0.1, 0.15) is 39.1 Å². The number of rotatable bonds is 6. The zero-order valence-electron chi connectivity index (χ0n) is 16.0. The average molecular weight is 396 g/mol. The van der Waals surface area contributed by atoms with Crippen molar-refractivity contribution in [1.29, 1.82) is 0 Å². The van der Waals surface area contributed by atoms with Gasteiger partial charge in [0.2, 0.25) is 15.9 Å². The van der Waals surface area contributed by atoms with Crippen LogP contribution in [0.25, 0.3) is 0 Å². The summed E-state index contributed by atoms with van der Waals surface area (Å²) in [5.41, 5.74) is 4.56. The summed E-state index contributed by atoms with van der Waals surface area (Å²) in [6.07, 6.45) is 1.72. The molecule has 0 spiro atoms. The molecule has 0 unspecified atom stereocenters. The van der Waals surface area contributed by atoms with Crippen LogP contribution < -0.4 is 10.0 Å². The Morgan fingerprint density at radius 1 is 1.00 bits per heavy atom. The molecule has 1 aromatic heterocycles. The van der Waals surface area contributed by atoms with E-state index < -0.39 is 10.0 Å². The van der Waals surface area contributed by atoms with Crippen molar-refractivity contribution in [1.82, 2.24) is 9.71 Å². The molecule has 6 nitrogen and oxygen atoms in total. The maximum absolute atomic E-state index is 12.8. The van der Waals surface area contributed by atoms with E-state index in [2.05, 4.69) is 15.0 Å². The molecule has 0 atom stereocenters. The minimum atomic E-state index is -3.69. The molecule has 0 saturated carbocycles. The molecule has 1 heterocycles. The zero-order valence-corrected chi connectivity index (χ0v) is 17.6. The third kappa shape index (κ3) is 4.31. The molecule has 0 aliphatic rings. The normalized spacial score (nSPS) is 11.6. The fourth-order valence-electron chi connectivity index (χ4n) is 2.83. The molecule has 2 aromatic rings. The lowest BCUT2D eigenvalue weighted by Gasteiger charge is -2.19. The van der Waals surface area contributed by atoms with E-state index in [1.807, 2.05) is 41.5 Å². The van der Waals surface area contributed by atoms with Crippen LogP contribution in [-0.2, 0) is 14.8 Å². The van der Waals surface area contributed by atoms with E-state index in [9.17, 15) is 13.2 Å². The van der Waals surface area contributed by atoms with Crippen molar-refractivity contribution in [2.24, 2.45) is 0 Å². The molecule has 1 aromatic carbocycles. The van der Waals surface area contributed by atoms with Crippen molar-refractivity contribution in [2.45, 2.75) is 52.9 Å². The van der Waals surface area contributed by atoms with Crippen LogP contribution in [0.3, 0.4) is 0 Å². The third-order valence-electron chi connectivity index (χ3n) is 4.71. The molecule has 142 valence electrons. The van der Waals surface area contributed by atoms with Gasteiger partial charge in [0.05, 0.1) is 4.90 Å². The van der Waals surface area contributed by atoms with Gasteiger partial charge in [-0.2, -0.15) is 0 Å². The number of aromatic nitrogens is 1. The molecule has 26 heavy (non-hydrogen) atoms. The van der Waals surface area contributed by atoms with Crippen LogP contribution >= 0.6 is 11.3 Å². The number of benzene rings is 1. The Kier molecular flexibility index (Phi) is 6.21. The first-order valence-electron chi connectivity index (χ1n) is 8.33. The number of thiazole rings is 1. The number of amides is 1. The summed E-state index contributed by atoms with van der Waals surface area (Å²) >= 11 is 1.38. The number of hydrogen-bond acceptors (Lipinski definition) is 5. The molecular formula is C18H25N3O3S2. The fourth-order valence-corrected chi connectivity index (χ4v) is 5.14. The molecule has 1 amide bonds. The highest BCUT2D eigenvalue weighted by Crippen LogP contribution is 2.29. The van der Waals surface area contributed by atoms with Crippen molar-refractivity contribution in [3.63, 3.8) is 0 Å². The number of aryl methyl sites for hydroxylation is 1. The first kappa shape index (κ1) is 20.5. The molecule has 2 N–H and O–H groups in total. The Morgan fingerprint density at radius 3 is 2.04 bits per heavy atom. The third-order valence-corrected chi connectivity index (χ3v) is 7.27. The molecule has 0 aliphatic carbocycles. The van der Waals surface area contributed by atoms with Gasteiger partial charge in [-0.15, -0.1) is 11.3 Å². The summed E-state index contributed by atoms with van der Waals surface area (Å²) in [6.45, 7) is 11.4. The molecule has 0 saturated heterocycles. The summed E-state index contributed by atoms with van der Waals surface area (Å²) in [4.78, 5) is 17.3. The van der Waals surface area contributed by atoms with Crippen molar-refractivity contribution < 1.29 is 13.2 Å². The largest absolute Gasteiger partial charge is 0.302 e. The summed E-state index contributed by atoms with van der Waals surface area (Å²) < 4.78 is 28.1. The Labute approximate surface area is 159 Å². The number of hydrogen-bond donors (Lipinski definition) is 2. The number of nitrogens with one attached hydrogen (secondary N) is 2. The minimum Gasteiger partial charge on any atom is -0.302 e. The maximum atomic E-state index is 12.8. The molecule has 0 fully saturated rings. The summed E-state index contributed by atoms with van der Waals surface area (Å²) in [7, 11) is -3.69. The van der Waals surface area contributed by atoms with Crippen LogP contribution in [0.5, 0.6) is 0 Å². The molecule has 0 radical (unpaired) electrons. The summed E-state index contributed by atoms with van der Waals surface area (Å²) in [5, 5.41) is 3.19.